The predicted octanol–water partition coefficient (Wildman–Crippen LogP) is 6.59. The van der Waals surface area contributed by atoms with Gasteiger partial charge >= 0.3 is 0 Å². The van der Waals surface area contributed by atoms with Gasteiger partial charge in [0.05, 0.1) is 6.10 Å². The Morgan fingerprint density at radius 1 is 0.696 bits per heavy atom. The van der Waals surface area contributed by atoms with Gasteiger partial charge in [0.1, 0.15) is 5.78 Å². The number of hydrogen-bond acceptors (Lipinski definition) is 2. The number of carbonyl (C=O) groups is 1. The minimum Gasteiger partial charge on any atom is -0.393 e. The van der Waals surface area contributed by atoms with Gasteiger partial charge in [0.2, 0.25) is 0 Å². The van der Waals surface area contributed by atoms with Crippen molar-refractivity contribution in [1.29, 1.82) is 0 Å². The second kappa shape index (κ2) is 18.0. The van der Waals surface area contributed by atoms with Gasteiger partial charge in [-0.2, -0.15) is 0 Å². The summed E-state index contributed by atoms with van der Waals surface area (Å²) in [5.74, 6) is 0.244. The van der Waals surface area contributed by atoms with Crippen molar-refractivity contribution < 1.29 is 9.90 Å². The van der Waals surface area contributed by atoms with Crippen molar-refractivity contribution in [2.24, 2.45) is 0 Å². The molecule has 0 aromatic heterocycles. The van der Waals surface area contributed by atoms with Crippen LogP contribution in [0.3, 0.4) is 0 Å². The lowest BCUT2D eigenvalue weighted by molar-refractivity contribution is -0.121. The highest BCUT2D eigenvalue weighted by molar-refractivity contribution is 5.78. The number of ketones is 1. The largest absolute Gasteiger partial charge is 0.393 e. The highest BCUT2D eigenvalue weighted by Crippen LogP contribution is 2.13. The Morgan fingerprint density at radius 2 is 1.13 bits per heavy atom. The molecule has 2 nitrogen and oxygen atoms in total. The smallest absolute Gasteiger partial charge is 0.135 e. The van der Waals surface area contributed by atoms with Gasteiger partial charge in [-0.3, -0.25) is 4.79 Å². The molecule has 1 unspecified atom stereocenters. The number of carbonyl (C=O) groups excluding carboxylic acids is 1. The number of aliphatic hydroxyl groups excluding tert-OH is 1. The van der Waals surface area contributed by atoms with Crippen molar-refractivity contribution in [3.8, 4) is 0 Å². The number of hydrogen-bond donors (Lipinski definition) is 1. The monoisotopic (exact) mass is 326 g/mol. The highest BCUT2D eigenvalue weighted by Gasteiger charge is 2.09. The lowest BCUT2D eigenvalue weighted by Crippen LogP contribution is -2.12. The van der Waals surface area contributed by atoms with Crippen LogP contribution in [0, 0.1) is 0 Å². The molecule has 0 bridgehead atoms. The summed E-state index contributed by atoms with van der Waals surface area (Å²) < 4.78 is 0. The van der Waals surface area contributed by atoms with Crippen molar-refractivity contribution in [1.82, 2.24) is 0 Å². The maximum atomic E-state index is 11.7. The zero-order valence-electron chi connectivity index (χ0n) is 16.0. The fraction of sp³-hybridized carbons (Fsp3) is 0.952. The van der Waals surface area contributed by atoms with Crippen molar-refractivity contribution >= 4 is 5.78 Å². The van der Waals surface area contributed by atoms with Crippen LogP contribution >= 0.6 is 0 Å². The van der Waals surface area contributed by atoms with Crippen molar-refractivity contribution in [3.05, 3.63) is 0 Å². The summed E-state index contributed by atoms with van der Waals surface area (Å²) in [5.41, 5.74) is 0. The summed E-state index contributed by atoms with van der Waals surface area (Å²) in [6.07, 6.45) is 19.7. The van der Waals surface area contributed by atoms with Crippen LogP contribution < -0.4 is 0 Å². The maximum Gasteiger partial charge on any atom is 0.135 e. The number of aliphatic hydroxyl groups is 1. The molecule has 2 heteroatoms. The zero-order valence-corrected chi connectivity index (χ0v) is 16.0. The second-order valence-electron chi connectivity index (χ2n) is 7.18. The number of Topliss-reactive ketones (excluding diaryl/α,β-unsaturated/α-hetero) is 1. The molecular weight excluding hydrogens is 284 g/mol. The van der Waals surface area contributed by atoms with Crippen molar-refractivity contribution in [3.63, 3.8) is 0 Å². The molecule has 0 aromatic rings. The molecule has 0 fully saturated rings. The number of unbranched alkanes of at least 4 members (excludes halogenated alkanes) is 12. The first-order chi connectivity index (χ1) is 11.2. The van der Waals surface area contributed by atoms with Crippen LogP contribution in [0.25, 0.3) is 0 Å². The van der Waals surface area contributed by atoms with Gasteiger partial charge in [0, 0.05) is 12.8 Å². The molecule has 0 aliphatic rings. The normalized spacial score (nSPS) is 12.5. The van der Waals surface area contributed by atoms with Crippen LogP contribution in [-0.4, -0.2) is 17.0 Å². The number of rotatable bonds is 18. The van der Waals surface area contributed by atoms with Crippen LogP contribution in [0.5, 0.6) is 0 Å². The average Bonchev–Trinajstić information content (AvgIpc) is 2.52. The first-order valence-electron chi connectivity index (χ1n) is 10.4. The molecule has 0 aliphatic heterocycles. The molecule has 0 saturated carbocycles. The fourth-order valence-electron chi connectivity index (χ4n) is 3.14. The Labute approximate surface area is 145 Å². The predicted molar refractivity (Wildman–Crippen MR) is 101 cm³/mol. The minimum atomic E-state index is -0.408. The molecule has 138 valence electrons. The molecule has 0 aromatic carbocycles. The minimum absolute atomic E-state index is 0.244. The van der Waals surface area contributed by atoms with Crippen molar-refractivity contribution in [2.45, 2.75) is 129 Å². The molecule has 0 saturated heterocycles. The molecular formula is C21H42O2. The summed E-state index contributed by atoms with van der Waals surface area (Å²) in [6.45, 7) is 4.31. The summed E-state index contributed by atoms with van der Waals surface area (Å²) in [7, 11) is 0. The van der Waals surface area contributed by atoms with Crippen molar-refractivity contribution in [2.75, 3.05) is 0 Å². The molecule has 0 aliphatic carbocycles. The second-order valence-corrected chi connectivity index (χ2v) is 7.18. The van der Waals surface area contributed by atoms with Crippen LogP contribution in [0.4, 0.5) is 0 Å². The summed E-state index contributed by atoms with van der Waals surface area (Å²) >= 11 is 0. The van der Waals surface area contributed by atoms with Crippen LogP contribution in [0.15, 0.2) is 0 Å². The van der Waals surface area contributed by atoms with Crippen LogP contribution in [0.1, 0.15) is 123 Å². The Morgan fingerprint density at radius 3 is 1.57 bits per heavy atom. The van der Waals surface area contributed by atoms with E-state index in [1.807, 2.05) is 6.92 Å². The van der Waals surface area contributed by atoms with E-state index in [0.717, 1.165) is 19.3 Å². The quantitative estimate of drug-likeness (QED) is 0.288. The molecule has 23 heavy (non-hydrogen) atoms. The summed E-state index contributed by atoms with van der Waals surface area (Å²) in [6, 6.07) is 0. The first kappa shape index (κ1) is 22.6. The maximum absolute atomic E-state index is 11.7. The average molecular weight is 327 g/mol. The van der Waals surface area contributed by atoms with E-state index in [-0.39, 0.29) is 5.78 Å². The van der Waals surface area contributed by atoms with Gasteiger partial charge in [-0.15, -0.1) is 0 Å². The molecule has 1 N–H and O–H groups in total. The fourth-order valence-corrected chi connectivity index (χ4v) is 3.14. The van der Waals surface area contributed by atoms with Gasteiger partial charge in [0.25, 0.3) is 0 Å². The van der Waals surface area contributed by atoms with E-state index in [9.17, 15) is 9.90 Å². The van der Waals surface area contributed by atoms with Crippen LogP contribution in [0.2, 0.25) is 0 Å². The third-order valence-corrected chi connectivity index (χ3v) is 4.64. The van der Waals surface area contributed by atoms with Gasteiger partial charge in [-0.1, -0.05) is 97.3 Å². The van der Waals surface area contributed by atoms with E-state index in [2.05, 4.69) is 6.92 Å². The van der Waals surface area contributed by atoms with E-state index in [1.165, 1.54) is 77.0 Å². The van der Waals surface area contributed by atoms with E-state index < -0.39 is 6.10 Å². The summed E-state index contributed by atoms with van der Waals surface area (Å²) in [4.78, 5) is 11.7. The standard InChI is InChI=1S/C21H42O2/c1-3-5-6-7-8-9-10-11-12-13-14-15-16-18-21(23)19-20(22)17-4-2/h20,22H,3-19H2,1-2H3. The SMILES string of the molecule is CCCCCCCCCCCCCCCC(=O)CC(O)CCC. The Hall–Kier alpha value is -0.370. The van der Waals surface area contributed by atoms with Gasteiger partial charge < -0.3 is 5.11 Å². The zero-order chi connectivity index (χ0) is 17.2. The molecule has 0 radical (unpaired) electrons. The third-order valence-electron chi connectivity index (χ3n) is 4.64. The van der Waals surface area contributed by atoms with Gasteiger partial charge in [0.15, 0.2) is 0 Å². The Bertz CT molecular complexity index is 250. The first-order valence-corrected chi connectivity index (χ1v) is 10.4. The molecule has 0 spiro atoms. The van der Waals surface area contributed by atoms with Crippen LogP contribution in [-0.2, 0) is 4.79 Å². The van der Waals surface area contributed by atoms with E-state index in [1.54, 1.807) is 0 Å². The topological polar surface area (TPSA) is 37.3 Å². The molecule has 0 amide bonds. The lowest BCUT2D eigenvalue weighted by Gasteiger charge is -2.07. The lowest BCUT2D eigenvalue weighted by atomic mass is 10.0. The molecule has 0 rings (SSSR count). The van der Waals surface area contributed by atoms with E-state index >= 15 is 0 Å². The molecule has 0 heterocycles. The highest BCUT2D eigenvalue weighted by atomic mass is 16.3. The van der Waals surface area contributed by atoms with E-state index in [4.69, 9.17) is 0 Å². The van der Waals surface area contributed by atoms with Gasteiger partial charge in [-0.05, 0) is 12.8 Å². The summed E-state index contributed by atoms with van der Waals surface area (Å²) in [5, 5.41) is 9.60. The third kappa shape index (κ3) is 17.8. The Kier molecular flexibility index (Phi) is 17.7. The Balaban J connectivity index is 3.17. The van der Waals surface area contributed by atoms with Gasteiger partial charge in [-0.25, -0.2) is 0 Å². The molecule has 1 atom stereocenters. The van der Waals surface area contributed by atoms with E-state index in [0.29, 0.717) is 12.8 Å².